The normalized spacial score (nSPS) is 20.1. The van der Waals surface area contributed by atoms with Gasteiger partial charge in [0.1, 0.15) is 5.82 Å². The molecular formula is C25H23FN4O. The molecule has 0 spiro atoms. The molecule has 0 atom stereocenters. The van der Waals surface area contributed by atoms with Crippen LogP contribution in [0.5, 0.6) is 0 Å². The Morgan fingerprint density at radius 3 is 2.65 bits per heavy atom. The van der Waals surface area contributed by atoms with Gasteiger partial charge in [-0.3, -0.25) is 19.2 Å². The summed E-state index contributed by atoms with van der Waals surface area (Å²) in [6, 6.07) is 12.6. The first-order chi connectivity index (χ1) is 15.1. The number of piperidine rings is 1. The molecule has 156 valence electrons. The topological polar surface area (TPSA) is 43.1 Å². The molecule has 0 amide bonds. The second-order valence-corrected chi connectivity index (χ2v) is 8.66. The summed E-state index contributed by atoms with van der Waals surface area (Å²) in [5.74, 6) is 0.233. The molecule has 3 aliphatic rings. The van der Waals surface area contributed by atoms with Gasteiger partial charge in [-0.15, -0.1) is 0 Å². The van der Waals surface area contributed by atoms with Gasteiger partial charge in [0, 0.05) is 48.4 Å². The number of hydrogen-bond donors (Lipinski definition) is 0. The number of fused-ring (bicyclic) bond motifs is 3. The lowest BCUT2D eigenvalue weighted by Crippen LogP contribution is -2.29. The summed E-state index contributed by atoms with van der Waals surface area (Å²) in [6.45, 7) is 3.38. The van der Waals surface area contributed by atoms with Crippen LogP contribution in [0.4, 0.5) is 4.39 Å². The lowest BCUT2D eigenvalue weighted by Gasteiger charge is -2.27. The molecule has 0 N–H and O–H groups in total. The Morgan fingerprint density at radius 1 is 1.06 bits per heavy atom. The number of halogens is 1. The van der Waals surface area contributed by atoms with Crippen LogP contribution in [-0.4, -0.2) is 32.1 Å². The van der Waals surface area contributed by atoms with Gasteiger partial charge in [0.2, 0.25) is 0 Å². The first-order valence-electron chi connectivity index (χ1n) is 10.8. The van der Waals surface area contributed by atoms with Crippen LogP contribution in [0.3, 0.4) is 0 Å². The van der Waals surface area contributed by atoms with Gasteiger partial charge in [-0.1, -0.05) is 6.07 Å². The number of pyridine rings is 2. The zero-order valence-electron chi connectivity index (χ0n) is 17.4. The summed E-state index contributed by atoms with van der Waals surface area (Å²) in [5.41, 5.74) is 6.07. The van der Waals surface area contributed by atoms with Gasteiger partial charge in [0.15, 0.2) is 0 Å². The number of aryl methyl sites for hydroxylation is 1. The van der Waals surface area contributed by atoms with Crippen molar-refractivity contribution in [3.05, 3.63) is 82.3 Å². The Hall–Kier alpha value is -3.25. The van der Waals surface area contributed by atoms with Crippen LogP contribution in [-0.2, 0) is 13.6 Å². The first kappa shape index (κ1) is 18.5. The SMILES string of the molecule is Cn1c2c(c3ccc(-n4ccc(-c5ccc(F)cn5)cc4=O)cc31)CN1CCC2CC1. The lowest BCUT2D eigenvalue weighted by molar-refractivity contribution is 0.220. The molecular weight excluding hydrogens is 391 g/mol. The fourth-order valence-electron chi connectivity index (χ4n) is 5.35. The van der Waals surface area contributed by atoms with E-state index < -0.39 is 5.82 Å². The molecule has 1 saturated heterocycles. The molecule has 0 unspecified atom stereocenters. The highest BCUT2D eigenvalue weighted by molar-refractivity contribution is 5.87. The van der Waals surface area contributed by atoms with Crippen LogP contribution in [0.25, 0.3) is 27.8 Å². The molecule has 6 heterocycles. The van der Waals surface area contributed by atoms with E-state index in [-0.39, 0.29) is 5.56 Å². The van der Waals surface area contributed by atoms with Gasteiger partial charge in [0.05, 0.1) is 23.1 Å². The molecule has 0 radical (unpaired) electrons. The lowest BCUT2D eigenvalue weighted by atomic mass is 9.94. The fourth-order valence-corrected chi connectivity index (χ4v) is 5.35. The first-order valence-corrected chi connectivity index (χ1v) is 10.8. The highest BCUT2D eigenvalue weighted by atomic mass is 19.1. The van der Waals surface area contributed by atoms with Gasteiger partial charge in [-0.05, 0) is 61.8 Å². The van der Waals surface area contributed by atoms with Crippen LogP contribution in [0.1, 0.15) is 30.0 Å². The van der Waals surface area contributed by atoms with Crippen molar-refractivity contribution < 1.29 is 4.39 Å². The summed E-state index contributed by atoms with van der Waals surface area (Å²) in [5, 5.41) is 1.29. The van der Waals surface area contributed by atoms with E-state index >= 15 is 0 Å². The Labute approximate surface area is 179 Å². The minimum atomic E-state index is -0.392. The average molecular weight is 414 g/mol. The molecule has 6 heteroatoms. The standard InChI is InChI=1S/C25H23FN4O/c1-28-23-13-19(3-4-20(23)21-15-29-9-6-16(7-10-29)25(21)28)30-11-8-17(12-24(30)31)22-5-2-18(26)14-27-22/h2-5,8,11-14,16H,6-7,9-10,15H2,1H3. The van der Waals surface area contributed by atoms with Crippen LogP contribution in [0.15, 0.2) is 59.7 Å². The molecule has 1 fully saturated rings. The summed E-state index contributed by atoms with van der Waals surface area (Å²) in [4.78, 5) is 19.5. The van der Waals surface area contributed by atoms with Crippen LogP contribution < -0.4 is 5.56 Å². The third kappa shape index (κ3) is 2.93. The highest BCUT2D eigenvalue weighted by Crippen LogP contribution is 2.40. The molecule has 7 rings (SSSR count). The summed E-state index contributed by atoms with van der Waals surface area (Å²) >= 11 is 0. The maximum Gasteiger partial charge on any atom is 0.255 e. The predicted octanol–water partition coefficient (Wildman–Crippen LogP) is 4.22. The molecule has 3 aromatic heterocycles. The summed E-state index contributed by atoms with van der Waals surface area (Å²) in [6.07, 6.45) is 5.38. The Balaban J connectivity index is 1.44. The Morgan fingerprint density at radius 2 is 1.90 bits per heavy atom. The zero-order chi connectivity index (χ0) is 21.1. The number of nitrogens with zero attached hydrogens (tertiary/aromatic N) is 4. The molecule has 1 aromatic carbocycles. The van der Waals surface area contributed by atoms with E-state index in [4.69, 9.17) is 0 Å². The quantitative estimate of drug-likeness (QED) is 0.493. The smallest absolute Gasteiger partial charge is 0.255 e. The molecule has 5 nitrogen and oxygen atoms in total. The molecule has 3 aliphatic heterocycles. The monoisotopic (exact) mass is 414 g/mol. The minimum Gasteiger partial charge on any atom is -0.347 e. The van der Waals surface area contributed by atoms with Gasteiger partial charge >= 0.3 is 0 Å². The van der Waals surface area contributed by atoms with Gasteiger partial charge in [0.25, 0.3) is 5.56 Å². The van der Waals surface area contributed by atoms with Crippen molar-refractivity contribution in [2.45, 2.75) is 25.3 Å². The van der Waals surface area contributed by atoms with E-state index in [1.165, 1.54) is 54.2 Å². The average Bonchev–Trinajstić information content (AvgIpc) is 2.93. The second-order valence-electron chi connectivity index (χ2n) is 8.66. The van der Waals surface area contributed by atoms with Crippen molar-refractivity contribution in [2.24, 2.45) is 7.05 Å². The summed E-state index contributed by atoms with van der Waals surface area (Å²) in [7, 11) is 2.16. The van der Waals surface area contributed by atoms with Crippen molar-refractivity contribution in [3.8, 4) is 16.9 Å². The Kier molecular flexibility index (Phi) is 4.11. The van der Waals surface area contributed by atoms with Crippen LogP contribution >= 0.6 is 0 Å². The van der Waals surface area contributed by atoms with Gasteiger partial charge in [-0.25, -0.2) is 4.39 Å². The third-order valence-electron chi connectivity index (χ3n) is 6.92. The highest BCUT2D eigenvalue weighted by Gasteiger charge is 2.31. The molecule has 2 bridgehead atoms. The van der Waals surface area contributed by atoms with E-state index in [0.29, 0.717) is 17.2 Å². The maximum absolute atomic E-state index is 13.2. The molecule has 31 heavy (non-hydrogen) atoms. The number of hydrogen-bond acceptors (Lipinski definition) is 3. The summed E-state index contributed by atoms with van der Waals surface area (Å²) < 4.78 is 17.1. The van der Waals surface area contributed by atoms with E-state index in [1.807, 2.05) is 12.1 Å². The maximum atomic E-state index is 13.2. The van der Waals surface area contributed by atoms with E-state index in [0.717, 1.165) is 18.4 Å². The van der Waals surface area contributed by atoms with E-state index in [2.05, 4.69) is 33.6 Å². The predicted molar refractivity (Wildman–Crippen MR) is 119 cm³/mol. The second kappa shape index (κ2) is 6.89. The van der Waals surface area contributed by atoms with E-state index in [9.17, 15) is 9.18 Å². The van der Waals surface area contributed by atoms with Gasteiger partial charge in [-0.2, -0.15) is 0 Å². The molecule has 4 aromatic rings. The zero-order valence-corrected chi connectivity index (χ0v) is 17.4. The Bertz CT molecular complexity index is 1360. The van der Waals surface area contributed by atoms with Crippen molar-refractivity contribution in [2.75, 3.05) is 13.1 Å². The van der Waals surface area contributed by atoms with Gasteiger partial charge < -0.3 is 4.57 Å². The number of benzene rings is 1. The van der Waals surface area contributed by atoms with Crippen molar-refractivity contribution in [1.29, 1.82) is 0 Å². The van der Waals surface area contributed by atoms with Crippen LogP contribution in [0.2, 0.25) is 0 Å². The van der Waals surface area contributed by atoms with Crippen molar-refractivity contribution >= 4 is 10.9 Å². The fraction of sp³-hybridized carbons (Fsp3) is 0.280. The molecule has 0 aliphatic carbocycles. The van der Waals surface area contributed by atoms with Crippen LogP contribution in [0, 0.1) is 5.82 Å². The van der Waals surface area contributed by atoms with E-state index in [1.54, 1.807) is 22.9 Å². The third-order valence-corrected chi connectivity index (χ3v) is 6.92. The number of rotatable bonds is 2. The van der Waals surface area contributed by atoms with Crippen molar-refractivity contribution in [3.63, 3.8) is 0 Å². The largest absolute Gasteiger partial charge is 0.347 e. The van der Waals surface area contributed by atoms with Crippen molar-refractivity contribution in [1.82, 2.24) is 19.0 Å². The minimum absolute atomic E-state index is 0.135. The molecule has 0 saturated carbocycles. The number of aromatic nitrogens is 3.